The third-order valence-electron chi connectivity index (χ3n) is 10.3. The molecule has 2 unspecified atom stereocenters. The number of carboxylic acid groups (broad SMARTS) is 1. The quantitative estimate of drug-likeness (QED) is 0.0524. The lowest BCUT2D eigenvalue weighted by Crippen LogP contribution is -2.57. The van der Waals surface area contributed by atoms with E-state index in [1.54, 1.807) is 18.2 Å². The number of methoxy groups -OCH3 is 1. The zero-order chi connectivity index (χ0) is 52.9. The molecule has 2 aromatic carbocycles. The summed E-state index contributed by atoms with van der Waals surface area (Å²) >= 11 is 0. The second-order valence-electron chi connectivity index (χ2n) is 15.1. The molecule has 0 bridgehead atoms. The molecule has 30 heteroatoms. The van der Waals surface area contributed by atoms with E-state index in [2.05, 4.69) is 45.2 Å². The lowest BCUT2D eigenvalue weighted by Gasteiger charge is -2.27. The van der Waals surface area contributed by atoms with Crippen molar-refractivity contribution in [3.05, 3.63) is 132 Å². The number of carboxylic acids is 1. The highest BCUT2D eigenvalue weighted by molar-refractivity contribution is 5.81. The molecule has 0 fully saturated rings. The van der Waals surface area contributed by atoms with E-state index in [0.717, 1.165) is 0 Å². The number of nitrogens with one attached hydrogen (secondary N) is 2. The highest BCUT2D eigenvalue weighted by atomic mass is 19.4. The molecule has 0 saturated carbocycles. The van der Waals surface area contributed by atoms with Gasteiger partial charge >= 0.3 is 24.3 Å². The SMILES string of the molecule is COC(=O)C(O)(CNc1nc(-c2cc(-c3ccon3)n(Cc3ccccc3F)n2)ncc1F)C(F)(F)F.O=C(O)C(O)(CNc1nc(-c2cc(-c3ccon3)n(Cc3ccccc3F)n2)ncc1F)C(F)(F)F. The molecular weight excluding hydrogens is 1000 g/mol. The van der Waals surface area contributed by atoms with Gasteiger partial charge in [0, 0.05) is 23.3 Å². The van der Waals surface area contributed by atoms with Crippen LogP contribution in [0.15, 0.2) is 107 Å². The van der Waals surface area contributed by atoms with Gasteiger partial charge in [-0.25, -0.2) is 47.1 Å². The molecule has 0 amide bonds. The smallest absolute Gasteiger partial charge is 0.429 e. The maximum absolute atomic E-state index is 14.3. The predicted molar refractivity (Wildman–Crippen MR) is 227 cm³/mol. The Balaban J connectivity index is 0.000000214. The minimum Gasteiger partial charge on any atom is -0.479 e. The van der Waals surface area contributed by atoms with Gasteiger partial charge in [0.05, 0.1) is 57.1 Å². The van der Waals surface area contributed by atoms with Gasteiger partial charge in [-0.15, -0.1) is 0 Å². The highest BCUT2D eigenvalue weighted by Gasteiger charge is 2.61. The van der Waals surface area contributed by atoms with Crippen molar-refractivity contribution in [1.82, 2.24) is 49.8 Å². The first-order chi connectivity index (χ1) is 34.5. The molecule has 382 valence electrons. The Bertz CT molecular complexity index is 3230. The van der Waals surface area contributed by atoms with E-state index in [4.69, 9.17) is 14.2 Å². The molecule has 73 heavy (non-hydrogen) atoms. The van der Waals surface area contributed by atoms with Crippen LogP contribution in [0.3, 0.4) is 0 Å². The highest BCUT2D eigenvalue weighted by Crippen LogP contribution is 2.34. The van der Waals surface area contributed by atoms with Gasteiger partial charge in [0.2, 0.25) is 0 Å². The summed E-state index contributed by atoms with van der Waals surface area (Å²) in [5.41, 5.74) is -6.24. The fraction of sp³-hybridized carbons (Fsp3) is 0.209. The number of hydrogen-bond acceptors (Lipinski definition) is 17. The second-order valence-corrected chi connectivity index (χ2v) is 15.1. The van der Waals surface area contributed by atoms with Crippen molar-refractivity contribution in [2.75, 3.05) is 30.8 Å². The van der Waals surface area contributed by atoms with E-state index in [9.17, 15) is 63.7 Å². The number of aliphatic carboxylic acids is 1. The molecule has 0 radical (unpaired) electrons. The summed E-state index contributed by atoms with van der Waals surface area (Å²) in [5.74, 6) is -9.99. The van der Waals surface area contributed by atoms with E-state index in [1.165, 1.54) is 76.5 Å². The average Bonchev–Trinajstić information content (AvgIpc) is 4.20. The van der Waals surface area contributed by atoms with E-state index < -0.39 is 83.5 Å². The minimum absolute atomic E-state index is 0.0108. The fourth-order valence-electron chi connectivity index (χ4n) is 6.38. The predicted octanol–water partition coefficient (Wildman–Crippen LogP) is 6.31. The number of benzene rings is 2. The maximum Gasteiger partial charge on any atom is 0.429 e. The van der Waals surface area contributed by atoms with Crippen LogP contribution >= 0.6 is 0 Å². The molecule has 2 atom stereocenters. The average molecular weight is 1030 g/mol. The molecular formula is C43H32F10N12O8. The van der Waals surface area contributed by atoms with Crippen LogP contribution in [0.4, 0.5) is 55.5 Å². The van der Waals surface area contributed by atoms with Gasteiger partial charge in [0.15, 0.2) is 34.9 Å². The number of hydrogen-bond donors (Lipinski definition) is 5. The fourth-order valence-corrected chi connectivity index (χ4v) is 6.38. The normalized spacial score (nSPS) is 13.3. The van der Waals surface area contributed by atoms with Gasteiger partial charge in [-0.3, -0.25) is 9.36 Å². The van der Waals surface area contributed by atoms with Crippen LogP contribution in [-0.2, 0) is 27.4 Å². The molecule has 6 heterocycles. The van der Waals surface area contributed by atoms with Gasteiger partial charge in [0.1, 0.15) is 46.9 Å². The Kier molecular flexibility index (Phi) is 14.9. The van der Waals surface area contributed by atoms with Crippen LogP contribution in [-0.4, -0.2) is 121 Å². The molecule has 20 nitrogen and oxygen atoms in total. The first-order valence-corrected chi connectivity index (χ1v) is 20.4. The van der Waals surface area contributed by atoms with Crippen molar-refractivity contribution < 1.29 is 82.6 Å². The first kappa shape index (κ1) is 52.0. The van der Waals surface area contributed by atoms with E-state index >= 15 is 0 Å². The number of carbonyl (C=O) groups is 2. The van der Waals surface area contributed by atoms with Crippen LogP contribution in [0.5, 0.6) is 0 Å². The molecule has 0 aliphatic carbocycles. The van der Waals surface area contributed by atoms with Crippen LogP contribution in [0.25, 0.3) is 45.8 Å². The number of alkyl halides is 6. The first-order valence-electron chi connectivity index (χ1n) is 20.4. The Hall–Kier alpha value is -8.80. The van der Waals surface area contributed by atoms with E-state index in [-0.39, 0.29) is 41.7 Å². The summed E-state index contributed by atoms with van der Waals surface area (Å²) in [5, 5.41) is 48.3. The Morgan fingerprint density at radius 1 is 0.616 bits per heavy atom. The molecule has 0 aliphatic rings. The third-order valence-corrected chi connectivity index (χ3v) is 10.3. The number of esters is 1. The summed E-state index contributed by atoms with van der Waals surface area (Å²) < 4.78 is 152. The summed E-state index contributed by atoms with van der Waals surface area (Å²) in [7, 11) is 0.659. The summed E-state index contributed by atoms with van der Waals surface area (Å²) in [6.07, 6.45) is -7.11. The summed E-state index contributed by atoms with van der Waals surface area (Å²) in [4.78, 5) is 37.8. The topological polar surface area (TPSA) is 267 Å². The zero-order valence-electron chi connectivity index (χ0n) is 36.7. The van der Waals surface area contributed by atoms with Gasteiger partial charge in [-0.1, -0.05) is 46.7 Å². The maximum atomic E-state index is 14.3. The second kappa shape index (κ2) is 20.9. The number of carbonyl (C=O) groups excluding carboxylic acids is 1. The Labute approximate surface area is 400 Å². The number of ether oxygens (including phenoxy) is 1. The Morgan fingerprint density at radius 3 is 1.38 bits per heavy atom. The largest absolute Gasteiger partial charge is 0.479 e. The number of rotatable bonds is 16. The van der Waals surface area contributed by atoms with Crippen molar-refractivity contribution in [3.63, 3.8) is 0 Å². The number of aliphatic hydroxyl groups is 2. The molecule has 0 spiro atoms. The van der Waals surface area contributed by atoms with Gasteiger partial charge in [0.25, 0.3) is 11.2 Å². The monoisotopic (exact) mass is 1030 g/mol. The summed E-state index contributed by atoms with van der Waals surface area (Å²) in [6.45, 7) is -3.23. The van der Waals surface area contributed by atoms with E-state index in [0.29, 0.717) is 47.8 Å². The summed E-state index contributed by atoms with van der Waals surface area (Å²) in [6, 6.07) is 17.8. The van der Waals surface area contributed by atoms with Crippen LogP contribution in [0.2, 0.25) is 0 Å². The van der Waals surface area contributed by atoms with Gasteiger partial charge in [-0.05, 0) is 24.3 Å². The van der Waals surface area contributed by atoms with Gasteiger partial charge < -0.3 is 39.7 Å². The number of aromatic nitrogens is 10. The number of anilines is 2. The lowest BCUT2D eigenvalue weighted by molar-refractivity contribution is -0.257. The third kappa shape index (κ3) is 11.2. The number of halogens is 10. The zero-order valence-corrected chi connectivity index (χ0v) is 36.7. The van der Waals surface area contributed by atoms with Crippen molar-refractivity contribution in [1.29, 1.82) is 0 Å². The van der Waals surface area contributed by atoms with E-state index in [1.807, 2.05) is 10.6 Å². The number of nitrogens with zero attached hydrogens (tertiary/aromatic N) is 10. The lowest BCUT2D eigenvalue weighted by atomic mass is 10.0. The van der Waals surface area contributed by atoms with Crippen molar-refractivity contribution >= 4 is 23.6 Å². The molecule has 5 N–H and O–H groups in total. The minimum atomic E-state index is -5.56. The van der Waals surface area contributed by atoms with Gasteiger partial charge in [-0.2, -0.15) is 36.5 Å². The molecule has 8 rings (SSSR count). The van der Waals surface area contributed by atoms with Crippen molar-refractivity contribution in [2.24, 2.45) is 0 Å². The van der Waals surface area contributed by atoms with Crippen LogP contribution in [0.1, 0.15) is 11.1 Å². The molecule has 6 aromatic heterocycles. The Morgan fingerprint density at radius 2 is 1.03 bits per heavy atom. The van der Waals surface area contributed by atoms with Crippen molar-refractivity contribution in [2.45, 2.75) is 36.6 Å². The molecule has 0 saturated heterocycles. The molecule has 8 aromatic rings. The van der Waals surface area contributed by atoms with Crippen LogP contribution < -0.4 is 10.6 Å². The standard InChI is InChI=1S/C22H17F5N6O4.C21H15F5N6O4/c1-36-20(34)21(35,22(25,26)27)11-29-18-14(24)9-28-19(30-18)16-8-17(15-6-7-37-32-15)33(31-16)10-12-4-2-3-5-13(12)23;22-12-4-2-1-3-11(12)9-32-16(14-5-6-36-31-14)7-15(30-32)18-27-8-13(23)17(29-18)28-10-20(35,19(33)34)21(24,25)26/h2-9,35H,10-11H2,1H3,(H,28,29,30);1-8,35H,9-10H2,(H,33,34)(H,27,28,29). The van der Waals surface area contributed by atoms with Crippen molar-refractivity contribution in [3.8, 4) is 45.8 Å². The van der Waals surface area contributed by atoms with Crippen LogP contribution in [0, 0.1) is 23.3 Å². The molecule has 0 aliphatic heterocycles.